The number of aldehydes is 1. The lowest BCUT2D eigenvalue weighted by molar-refractivity contribution is -0.103. The molecular weight excluding hydrogens is 336 g/mol. The Balaban J connectivity index is 1.71. The van der Waals surface area contributed by atoms with E-state index in [2.05, 4.69) is 10.3 Å². The normalized spacial score (nSPS) is 11.8. The van der Waals surface area contributed by atoms with Crippen molar-refractivity contribution in [2.45, 2.75) is 0 Å². The van der Waals surface area contributed by atoms with Gasteiger partial charge in [0.15, 0.2) is 11.9 Å². The van der Waals surface area contributed by atoms with Crippen molar-refractivity contribution < 1.29 is 9.21 Å². The van der Waals surface area contributed by atoms with E-state index < -0.39 is 0 Å². The lowest BCUT2D eigenvalue weighted by atomic mass is 10.1. The number of nitrogens with zero attached hydrogens (tertiary/aromatic N) is 1. The Bertz CT molecular complexity index is 1110. The maximum atomic E-state index is 11.5. The molecule has 0 bridgehead atoms. The summed E-state index contributed by atoms with van der Waals surface area (Å²) in [6.07, 6.45) is 2.31. The lowest BCUT2D eigenvalue weighted by Crippen LogP contribution is -1.94. The van der Waals surface area contributed by atoms with Crippen LogP contribution in [0, 0.1) is 0 Å². The van der Waals surface area contributed by atoms with Gasteiger partial charge in [-0.3, -0.25) is 4.79 Å². The van der Waals surface area contributed by atoms with Gasteiger partial charge in [0.05, 0.1) is 5.57 Å². The molecule has 4 aromatic rings. The number of nitrogens with one attached hydrogen (secondary N) is 1. The molecule has 4 nitrogen and oxygen atoms in total. The second kappa shape index (κ2) is 6.42. The summed E-state index contributed by atoms with van der Waals surface area (Å²) >= 11 is 5.96. The van der Waals surface area contributed by atoms with Crippen LogP contribution < -0.4 is 5.32 Å². The van der Waals surface area contributed by atoms with E-state index in [1.807, 2.05) is 42.5 Å². The summed E-state index contributed by atoms with van der Waals surface area (Å²) in [6, 6.07) is 19.1. The number of halogens is 1. The fourth-order valence-electron chi connectivity index (χ4n) is 2.68. The van der Waals surface area contributed by atoms with Crippen LogP contribution in [0.25, 0.3) is 27.4 Å². The minimum atomic E-state index is 0.250. The van der Waals surface area contributed by atoms with Gasteiger partial charge in [-0.15, -0.1) is 0 Å². The van der Waals surface area contributed by atoms with E-state index in [0.717, 1.165) is 16.5 Å². The Morgan fingerprint density at radius 2 is 1.92 bits per heavy atom. The fraction of sp³-hybridized carbons (Fsp3) is 0. The van der Waals surface area contributed by atoms with E-state index in [1.165, 1.54) is 0 Å². The molecule has 0 unspecified atom stereocenters. The zero-order valence-corrected chi connectivity index (χ0v) is 13.8. The molecule has 0 radical (unpaired) electrons. The maximum absolute atomic E-state index is 11.5. The van der Waals surface area contributed by atoms with E-state index in [9.17, 15) is 4.79 Å². The third-order valence-corrected chi connectivity index (χ3v) is 4.13. The number of anilines is 1. The molecule has 3 aromatic carbocycles. The van der Waals surface area contributed by atoms with Crippen LogP contribution in [0.15, 0.2) is 71.3 Å². The Hall–Kier alpha value is -3.11. The Morgan fingerprint density at radius 3 is 2.80 bits per heavy atom. The molecule has 0 spiro atoms. The van der Waals surface area contributed by atoms with Crippen LogP contribution in [0.2, 0.25) is 5.02 Å². The first-order valence-electron chi connectivity index (χ1n) is 7.71. The van der Waals surface area contributed by atoms with Crippen LogP contribution in [0.3, 0.4) is 0 Å². The molecule has 0 saturated heterocycles. The zero-order chi connectivity index (χ0) is 17.2. The average molecular weight is 349 g/mol. The zero-order valence-electron chi connectivity index (χ0n) is 13.1. The molecule has 0 atom stereocenters. The highest BCUT2D eigenvalue weighted by Gasteiger charge is 2.11. The molecule has 0 saturated carbocycles. The number of hydrogen-bond acceptors (Lipinski definition) is 4. The molecule has 0 aliphatic carbocycles. The van der Waals surface area contributed by atoms with E-state index in [4.69, 9.17) is 16.0 Å². The smallest absolute Gasteiger partial charge is 0.232 e. The summed E-state index contributed by atoms with van der Waals surface area (Å²) in [6.45, 7) is 0. The number of fused-ring (bicyclic) bond motifs is 2. The molecule has 0 amide bonds. The number of aromatic nitrogens is 1. The van der Waals surface area contributed by atoms with Crippen molar-refractivity contribution in [1.82, 2.24) is 4.98 Å². The van der Waals surface area contributed by atoms with Crippen molar-refractivity contribution in [3.05, 3.63) is 77.8 Å². The summed E-state index contributed by atoms with van der Waals surface area (Å²) in [7, 11) is 0. The van der Waals surface area contributed by atoms with E-state index in [1.54, 1.807) is 24.4 Å². The van der Waals surface area contributed by atoms with Crippen molar-refractivity contribution in [3.63, 3.8) is 0 Å². The number of carbonyl (C=O) groups is 1. The standard InChI is InChI=1S/C20H13ClN2O2/c21-15-8-9-19-18(10-15)23-20(25-19)14(12-24)11-22-17-7-3-5-13-4-1-2-6-16(13)17/h1-12,22H. The third-order valence-electron chi connectivity index (χ3n) is 3.90. The summed E-state index contributed by atoms with van der Waals surface area (Å²) < 4.78 is 5.64. The van der Waals surface area contributed by atoms with Crippen LogP contribution in [0.4, 0.5) is 5.69 Å². The van der Waals surface area contributed by atoms with Gasteiger partial charge >= 0.3 is 0 Å². The number of benzene rings is 3. The van der Waals surface area contributed by atoms with Gasteiger partial charge in [0.2, 0.25) is 5.89 Å². The van der Waals surface area contributed by atoms with Crippen LogP contribution in [-0.2, 0) is 4.79 Å². The number of carbonyl (C=O) groups excluding carboxylic acids is 1. The van der Waals surface area contributed by atoms with Crippen LogP contribution >= 0.6 is 11.6 Å². The van der Waals surface area contributed by atoms with Crippen molar-refractivity contribution in [2.75, 3.05) is 5.32 Å². The molecule has 1 N–H and O–H groups in total. The van der Waals surface area contributed by atoms with Gasteiger partial charge < -0.3 is 9.73 Å². The first-order chi connectivity index (χ1) is 12.2. The van der Waals surface area contributed by atoms with Gasteiger partial charge in [-0.1, -0.05) is 48.0 Å². The van der Waals surface area contributed by atoms with Gasteiger partial charge in [0, 0.05) is 22.3 Å². The van der Waals surface area contributed by atoms with E-state index in [-0.39, 0.29) is 5.89 Å². The second-order valence-corrected chi connectivity index (χ2v) is 5.96. The number of allylic oxidation sites excluding steroid dienone is 1. The molecule has 25 heavy (non-hydrogen) atoms. The molecule has 0 fully saturated rings. The number of hydrogen-bond donors (Lipinski definition) is 1. The van der Waals surface area contributed by atoms with Crippen LogP contribution in [0.1, 0.15) is 5.89 Å². The Kier molecular flexibility index (Phi) is 3.96. The molecule has 0 aliphatic heterocycles. The van der Waals surface area contributed by atoms with Crippen molar-refractivity contribution >= 4 is 51.0 Å². The van der Waals surface area contributed by atoms with Crippen molar-refractivity contribution in [1.29, 1.82) is 0 Å². The minimum absolute atomic E-state index is 0.250. The maximum Gasteiger partial charge on any atom is 0.232 e. The van der Waals surface area contributed by atoms with Crippen molar-refractivity contribution in [3.8, 4) is 0 Å². The average Bonchev–Trinajstić information content (AvgIpc) is 3.05. The summed E-state index contributed by atoms with van der Waals surface area (Å²) in [5.41, 5.74) is 2.41. The highest BCUT2D eigenvalue weighted by Crippen LogP contribution is 2.25. The van der Waals surface area contributed by atoms with Crippen molar-refractivity contribution in [2.24, 2.45) is 0 Å². The monoisotopic (exact) mass is 348 g/mol. The van der Waals surface area contributed by atoms with E-state index >= 15 is 0 Å². The molecule has 122 valence electrons. The molecule has 4 rings (SSSR count). The Morgan fingerprint density at radius 1 is 1.08 bits per heavy atom. The lowest BCUT2D eigenvalue weighted by Gasteiger charge is -2.06. The third kappa shape index (κ3) is 2.99. The predicted octanol–water partition coefficient (Wildman–Crippen LogP) is 5.29. The highest BCUT2D eigenvalue weighted by molar-refractivity contribution is 6.31. The van der Waals surface area contributed by atoms with Gasteiger partial charge in [-0.25, -0.2) is 4.98 Å². The van der Waals surface area contributed by atoms with Gasteiger partial charge in [-0.05, 0) is 29.7 Å². The Labute approximate surface area is 148 Å². The summed E-state index contributed by atoms with van der Waals surface area (Å²) in [5.74, 6) is 0.250. The van der Waals surface area contributed by atoms with Crippen LogP contribution in [0.5, 0.6) is 0 Å². The topological polar surface area (TPSA) is 55.1 Å². The number of oxazole rings is 1. The number of rotatable bonds is 4. The first-order valence-corrected chi connectivity index (χ1v) is 8.08. The molecule has 1 heterocycles. The van der Waals surface area contributed by atoms with Gasteiger partial charge in [0.25, 0.3) is 0 Å². The second-order valence-electron chi connectivity index (χ2n) is 5.52. The molecular formula is C20H13ClN2O2. The molecule has 1 aromatic heterocycles. The summed E-state index contributed by atoms with van der Waals surface area (Å²) in [4.78, 5) is 15.8. The largest absolute Gasteiger partial charge is 0.436 e. The minimum Gasteiger partial charge on any atom is -0.436 e. The van der Waals surface area contributed by atoms with Crippen LogP contribution in [-0.4, -0.2) is 11.3 Å². The fourth-order valence-corrected chi connectivity index (χ4v) is 2.84. The van der Waals surface area contributed by atoms with E-state index in [0.29, 0.717) is 28.0 Å². The molecule has 5 heteroatoms. The predicted molar refractivity (Wildman–Crippen MR) is 101 cm³/mol. The summed E-state index contributed by atoms with van der Waals surface area (Å²) in [5, 5.41) is 5.92. The highest BCUT2D eigenvalue weighted by atomic mass is 35.5. The SMILES string of the molecule is O=CC(=CNc1cccc2ccccc12)c1nc2cc(Cl)ccc2o1. The van der Waals surface area contributed by atoms with Gasteiger partial charge in [0.1, 0.15) is 5.52 Å². The molecule has 0 aliphatic rings. The quantitative estimate of drug-likeness (QED) is 0.402. The van der Waals surface area contributed by atoms with Gasteiger partial charge in [-0.2, -0.15) is 0 Å². The first kappa shape index (κ1) is 15.4.